The molecule has 2 N–H and O–H groups in total. The standard InChI is InChI=1S/C23H28N4O4/c1-14-22(15(2)31-27-14)21-9-18(7-16-11-29-12-16)25-23(26-21)17-5-4-6-20(8-17)30-13-19(28)10-24-3/h4-6,8-9,16,19,24,28H,7,10-13H2,1-3H3. The van der Waals surface area contributed by atoms with Crippen molar-refractivity contribution < 1.29 is 19.1 Å². The quantitative estimate of drug-likeness (QED) is 0.540. The first-order chi connectivity index (χ1) is 15.0. The summed E-state index contributed by atoms with van der Waals surface area (Å²) >= 11 is 0. The number of aromatic nitrogens is 3. The van der Waals surface area contributed by atoms with E-state index in [4.69, 9.17) is 24.0 Å². The third-order valence-electron chi connectivity index (χ3n) is 5.25. The van der Waals surface area contributed by atoms with E-state index >= 15 is 0 Å². The van der Waals surface area contributed by atoms with Gasteiger partial charge >= 0.3 is 0 Å². The smallest absolute Gasteiger partial charge is 0.160 e. The van der Waals surface area contributed by atoms with Crippen molar-refractivity contribution in [3.8, 4) is 28.4 Å². The second kappa shape index (κ2) is 9.55. The van der Waals surface area contributed by atoms with Crippen LogP contribution in [0.25, 0.3) is 22.6 Å². The van der Waals surface area contributed by atoms with Crippen LogP contribution in [0.2, 0.25) is 0 Å². The average molecular weight is 425 g/mol. The van der Waals surface area contributed by atoms with Crippen LogP contribution in [0.15, 0.2) is 34.9 Å². The number of aliphatic hydroxyl groups excluding tert-OH is 1. The second-order valence-corrected chi connectivity index (χ2v) is 7.93. The maximum absolute atomic E-state index is 9.90. The van der Waals surface area contributed by atoms with Crippen LogP contribution in [0.3, 0.4) is 0 Å². The van der Waals surface area contributed by atoms with Crippen molar-refractivity contribution in [1.29, 1.82) is 0 Å². The predicted molar refractivity (Wildman–Crippen MR) is 116 cm³/mol. The zero-order valence-corrected chi connectivity index (χ0v) is 18.1. The van der Waals surface area contributed by atoms with Crippen molar-refractivity contribution in [2.45, 2.75) is 26.4 Å². The highest BCUT2D eigenvalue weighted by atomic mass is 16.5. The highest BCUT2D eigenvalue weighted by Gasteiger charge is 2.22. The summed E-state index contributed by atoms with van der Waals surface area (Å²) in [5.41, 5.74) is 4.31. The third kappa shape index (κ3) is 5.10. The summed E-state index contributed by atoms with van der Waals surface area (Å²) < 4.78 is 16.5. The number of ether oxygens (including phenoxy) is 2. The van der Waals surface area contributed by atoms with E-state index in [0.29, 0.717) is 24.0 Å². The summed E-state index contributed by atoms with van der Waals surface area (Å²) in [5.74, 6) is 2.49. The maximum Gasteiger partial charge on any atom is 0.160 e. The summed E-state index contributed by atoms with van der Waals surface area (Å²) in [6.07, 6.45) is 0.252. The minimum atomic E-state index is -0.580. The van der Waals surface area contributed by atoms with Gasteiger partial charge in [0.1, 0.15) is 24.2 Å². The summed E-state index contributed by atoms with van der Waals surface area (Å²) in [4.78, 5) is 9.66. The molecule has 2 aromatic heterocycles. The number of aryl methyl sites for hydroxylation is 2. The number of nitrogens with one attached hydrogen (secondary N) is 1. The molecule has 8 nitrogen and oxygen atoms in total. The zero-order valence-electron chi connectivity index (χ0n) is 18.1. The molecule has 164 valence electrons. The average Bonchev–Trinajstić information content (AvgIpc) is 3.07. The SMILES string of the molecule is CNCC(O)COc1cccc(-c2nc(CC3COC3)cc(-c3c(C)noc3C)n2)c1. The van der Waals surface area contributed by atoms with Crippen LogP contribution < -0.4 is 10.1 Å². The van der Waals surface area contributed by atoms with E-state index in [1.807, 2.05) is 44.2 Å². The zero-order chi connectivity index (χ0) is 21.8. The molecule has 1 atom stereocenters. The van der Waals surface area contributed by atoms with E-state index in [2.05, 4.69) is 10.5 Å². The monoisotopic (exact) mass is 424 g/mol. The Balaban J connectivity index is 1.66. The van der Waals surface area contributed by atoms with Gasteiger partial charge in [0.25, 0.3) is 0 Å². The fourth-order valence-electron chi connectivity index (χ4n) is 3.62. The first kappa shape index (κ1) is 21.4. The molecule has 1 aliphatic heterocycles. The molecule has 8 heteroatoms. The van der Waals surface area contributed by atoms with Gasteiger partial charge in [-0.05, 0) is 45.5 Å². The van der Waals surface area contributed by atoms with Crippen LogP contribution in [-0.4, -0.2) is 59.7 Å². The Kier molecular flexibility index (Phi) is 6.60. The predicted octanol–water partition coefficient (Wildman–Crippen LogP) is 2.56. The van der Waals surface area contributed by atoms with Crippen molar-refractivity contribution in [2.24, 2.45) is 5.92 Å². The molecular formula is C23H28N4O4. The van der Waals surface area contributed by atoms with E-state index in [1.54, 1.807) is 7.05 Å². The number of benzene rings is 1. The summed E-state index contributed by atoms with van der Waals surface area (Å²) in [7, 11) is 1.79. The third-order valence-corrected chi connectivity index (χ3v) is 5.25. The molecule has 0 amide bonds. The molecule has 0 aliphatic carbocycles. The van der Waals surface area contributed by atoms with Crippen LogP contribution in [0, 0.1) is 19.8 Å². The summed E-state index contributed by atoms with van der Waals surface area (Å²) in [6.45, 7) is 6.00. The van der Waals surface area contributed by atoms with Gasteiger partial charge in [-0.1, -0.05) is 17.3 Å². The van der Waals surface area contributed by atoms with Gasteiger partial charge < -0.3 is 24.4 Å². The lowest BCUT2D eigenvalue weighted by molar-refractivity contribution is -0.0316. The van der Waals surface area contributed by atoms with Crippen LogP contribution >= 0.6 is 0 Å². The van der Waals surface area contributed by atoms with Gasteiger partial charge in [-0.15, -0.1) is 0 Å². The van der Waals surface area contributed by atoms with Crippen LogP contribution in [0.1, 0.15) is 17.1 Å². The van der Waals surface area contributed by atoms with Gasteiger partial charge in [-0.2, -0.15) is 0 Å². The molecule has 31 heavy (non-hydrogen) atoms. The Bertz CT molecular complexity index is 1010. The highest BCUT2D eigenvalue weighted by molar-refractivity contribution is 5.67. The lowest BCUT2D eigenvalue weighted by atomic mass is 10.00. The number of nitrogens with zero attached hydrogens (tertiary/aromatic N) is 3. The molecule has 4 rings (SSSR count). The van der Waals surface area contributed by atoms with E-state index in [0.717, 1.165) is 53.6 Å². The van der Waals surface area contributed by atoms with Gasteiger partial charge in [0.2, 0.25) is 0 Å². The summed E-state index contributed by atoms with van der Waals surface area (Å²) in [6, 6.07) is 9.64. The Morgan fingerprint density at radius 2 is 2.06 bits per heavy atom. The highest BCUT2D eigenvalue weighted by Crippen LogP contribution is 2.30. The fraction of sp³-hybridized carbons (Fsp3) is 0.435. The number of aliphatic hydroxyl groups is 1. The second-order valence-electron chi connectivity index (χ2n) is 7.93. The van der Waals surface area contributed by atoms with Crippen molar-refractivity contribution in [2.75, 3.05) is 33.4 Å². The van der Waals surface area contributed by atoms with Crippen LogP contribution in [0.5, 0.6) is 5.75 Å². The van der Waals surface area contributed by atoms with E-state index < -0.39 is 6.10 Å². The van der Waals surface area contributed by atoms with Crippen molar-refractivity contribution in [3.63, 3.8) is 0 Å². The minimum Gasteiger partial charge on any atom is -0.491 e. The molecular weight excluding hydrogens is 396 g/mol. The van der Waals surface area contributed by atoms with Gasteiger partial charge in [0, 0.05) is 23.7 Å². The lowest BCUT2D eigenvalue weighted by Gasteiger charge is -2.25. The number of likely N-dealkylation sites (N-methyl/N-ethyl adjacent to an activating group) is 1. The van der Waals surface area contributed by atoms with Crippen molar-refractivity contribution >= 4 is 0 Å². The Hall–Kier alpha value is -2.81. The molecule has 1 aromatic carbocycles. The molecule has 1 saturated heterocycles. The van der Waals surface area contributed by atoms with Gasteiger partial charge in [-0.3, -0.25) is 0 Å². The Morgan fingerprint density at radius 3 is 2.74 bits per heavy atom. The topological polar surface area (TPSA) is 103 Å². The minimum absolute atomic E-state index is 0.206. The Morgan fingerprint density at radius 1 is 1.23 bits per heavy atom. The number of rotatable bonds is 9. The fourth-order valence-corrected chi connectivity index (χ4v) is 3.62. The van der Waals surface area contributed by atoms with E-state index in [9.17, 15) is 5.11 Å². The largest absolute Gasteiger partial charge is 0.491 e. The lowest BCUT2D eigenvalue weighted by Crippen LogP contribution is -2.29. The number of hydrogen-bond donors (Lipinski definition) is 2. The Labute approximate surface area is 181 Å². The van der Waals surface area contributed by atoms with Gasteiger partial charge in [0.05, 0.1) is 30.2 Å². The molecule has 3 heterocycles. The van der Waals surface area contributed by atoms with Crippen molar-refractivity contribution in [3.05, 3.63) is 47.5 Å². The molecule has 1 unspecified atom stereocenters. The normalized spacial score (nSPS) is 15.0. The first-order valence-corrected chi connectivity index (χ1v) is 10.5. The first-order valence-electron chi connectivity index (χ1n) is 10.5. The van der Waals surface area contributed by atoms with Crippen molar-refractivity contribution in [1.82, 2.24) is 20.4 Å². The van der Waals surface area contributed by atoms with Crippen LogP contribution in [0.4, 0.5) is 0 Å². The van der Waals surface area contributed by atoms with Crippen LogP contribution in [-0.2, 0) is 11.2 Å². The molecule has 0 bridgehead atoms. The molecule has 0 radical (unpaired) electrons. The van der Waals surface area contributed by atoms with Gasteiger partial charge in [0.15, 0.2) is 5.82 Å². The molecule has 1 fully saturated rings. The van der Waals surface area contributed by atoms with E-state index in [1.165, 1.54) is 0 Å². The molecule has 1 aliphatic rings. The summed E-state index contributed by atoms with van der Waals surface area (Å²) in [5, 5.41) is 16.9. The molecule has 3 aromatic rings. The molecule has 0 spiro atoms. The number of hydrogen-bond acceptors (Lipinski definition) is 8. The van der Waals surface area contributed by atoms with E-state index in [-0.39, 0.29) is 6.61 Å². The van der Waals surface area contributed by atoms with Gasteiger partial charge in [-0.25, -0.2) is 9.97 Å². The maximum atomic E-state index is 9.90. The molecule has 0 saturated carbocycles.